The fraction of sp³-hybridized carbons (Fsp3) is 0.600. The third-order valence-electron chi connectivity index (χ3n) is 3.05. The molecule has 0 radical (unpaired) electrons. The van der Waals surface area contributed by atoms with Crippen LogP contribution in [0, 0.1) is 0 Å². The first-order valence-electron chi connectivity index (χ1n) is 7.98. The Morgan fingerprint density at radius 2 is 1.36 bits per heavy atom. The predicted octanol–water partition coefficient (Wildman–Crippen LogP) is 4.89. The van der Waals surface area contributed by atoms with Gasteiger partial charge in [-0.3, -0.25) is 9.13 Å². The number of rotatable bonds is 11. The molecule has 1 rings (SSSR count). The van der Waals surface area contributed by atoms with E-state index in [2.05, 4.69) is 0 Å². The molecule has 1 aromatic carbocycles. The molecule has 0 saturated heterocycles. The molecule has 0 aliphatic heterocycles. The van der Waals surface area contributed by atoms with Crippen molar-refractivity contribution < 1.29 is 36.0 Å². The van der Waals surface area contributed by atoms with Gasteiger partial charge in [-0.15, -0.1) is 0 Å². The van der Waals surface area contributed by atoms with Gasteiger partial charge in [-0.2, -0.15) is 8.78 Å². The SMILES string of the molecule is CCOP(=O)(OCC)c1cccc(C(F)(F)P(=O)(OCC)OCC)c1. The summed E-state index contributed by atoms with van der Waals surface area (Å²) in [6.45, 7) is 5.85. The van der Waals surface area contributed by atoms with Gasteiger partial charge < -0.3 is 18.1 Å². The Labute approximate surface area is 146 Å². The van der Waals surface area contributed by atoms with E-state index in [9.17, 15) is 17.9 Å². The van der Waals surface area contributed by atoms with Crippen molar-refractivity contribution in [3.8, 4) is 0 Å². The summed E-state index contributed by atoms with van der Waals surface area (Å²) in [4.78, 5) is 0. The third kappa shape index (κ3) is 4.97. The zero-order valence-corrected chi connectivity index (χ0v) is 16.5. The van der Waals surface area contributed by atoms with Gasteiger partial charge in [0.15, 0.2) is 0 Å². The Morgan fingerprint density at radius 3 is 1.80 bits per heavy atom. The Kier molecular flexibility index (Phi) is 8.39. The van der Waals surface area contributed by atoms with Crippen molar-refractivity contribution in [2.24, 2.45) is 0 Å². The van der Waals surface area contributed by atoms with Crippen molar-refractivity contribution in [3.63, 3.8) is 0 Å². The molecule has 0 aliphatic rings. The van der Waals surface area contributed by atoms with Gasteiger partial charge in [-0.25, -0.2) is 0 Å². The highest BCUT2D eigenvalue weighted by molar-refractivity contribution is 7.62. The van der Waals surface area contributed by atoms with Crippen molar-refractivity contribution in [1.29, 1.82) is 0 Å². The molecule has 0 unspecified atom stereocenters. The maximum atomic E-state index is 14.8. The lowest BCUT2D eigenvalue weighted by Crippen LogP contribution is -2.21. The van der Waals surface area contributed by atoms with Crippen LogP contribution in [0.2, 0.25) is 0 Å². The molecule has 0 N–H and O–H groups in total. The van der Waals surface area contributed by atoms with Crippen LogP contribution in [0.25, 0.3) is 0 Å². The van der Waals surface area contributed by atoms with Gasteiger partial charge in [-0.05, 0) is 39.8 Å². The second kappa shape index (κ2) is 9.36. The smallest absolute Gasteiger partial charge is 0.305 e. The summed E-state index contributed by atoms with van der Waals surface area (Å²) in [5, 5.41) is -0.0482. The molecule has 10 heteroatoms. The lowest BCUT2D eigenvalue weighted by atomic mass is 10.2. The topological polar surface area (TPSA) is 71.1 Å². The second-order valence-corrected chi connectivity index (χ2v) is 8.86. The Hall–Kier alpha value is -0.620. The lowest BCUT2D eigenvalue weighted by Gasteiger charge is -2.26. The van der Waals surface area contributed by atoms with Crippen LogP contribution in [0.4, 0.5) is 8.78 Å². The van der Waals surface area contributed by atoms with Crippen molar-refractivity contribution >= 4 is 20.5 Å². The summed E-state index contributed by atoms with van der Waals surface area (Å²) in [6, 6.07) is 4.65. The van der Waals surface area contributed by atoms with Gasteiger partial charge in [-0.1, -0.05) is 12.1 Å². The molecule has 0 amide bonds. The molecule has 0 aromatic heterocycles. The van der Waals surface area contributed by atoms with Crippen molar-refractivity contribution in [2.75, 3.05) is 26.4 Å². The van der Waals surface area contributed by atoms with Gasteiger partial charge in [0.05, 0.1) is 31.7 Å². The first-order chi connectivity index (χ1) is 11.7. The van der Waals surface area contributed by atoms with Gasteiger partial charge in [0, 0.05) is 5.56 Å². The van der Waals surface area contributed by atoms with Crippen LogP contribution in [0.1, 0.15) is 33.3 Å². The fourth-order valence-corrected chi connectivity index (χ4v) is 5.24. The van der Waals surface area contributed by atoms with E-state index >= 15 is 0 Å². The zero-order chi connectivity index (χ0) is 19.1. The molecule has 0 atom stereocenters. The minimum Gasteiger partial charge on any atom is -0.305 e. The molecular formula is C15H24F2O6P2. The summed E-state index contributed by atoms with van der Waals surface area (Å²) in [5.74, 6) is 0. The molecule has 25 heavy (non-hydrogen) atoms. The summed E-state index contributed by atoms with van der Waals surface area (Å²) in [7, 11) is -8.51. The van der Waals surface area contributed by atoms with E-state index in [4.69, 9.17) is 18.1 Å². The monoisotopic (exact) mass is 400 g/mol. The van der Waals surface area contributed by atoms with Crippen LogP contribution in [0.5, 0.6) is 0 Å². The van der Waals surface area contributed by atoms with E-state index < -0.39 is 26.4 Å². The minimum atomic E-state index is -4.75. The Morgan fingerprint density at radius 1 is 0.880 bits per heavy atom. The molecular weight excluding hydrogens is 376 g/mol. The lowest BCUT2D eigenvalue weighted by molar-refractivity contribution is 0.0361. The highest BCUT2D eigenvalue weighted by Gasteiger charge is 2.55. The predicted molar refractivity (Wildman–Crippen MR) is 91.7 cm³/mol. The molecule has 0 heterocycles. The zero-order valence-electron chi connectivity index (χ0n) is 14.7. The van der Waals surface area contributed by atoms with Gasteiger partial charge >= 0.3 is 20.9 Å². The van der Waals surface area contributed by atoms with Crippen molar-refractivity contribution in [1.82, 2.24) is 0 Å². The molecule has 144 valence electrons. The molecule has 1 aromatic rings. The van der Waals surface area contributed by atoms with E-state index in [1.165, 1.54) is 26.0 Å². The van der Waals surface area contributed by atoms with Gasteiger partial charge in [0.1, 0.15) is 0 Å². The van der Waals surface area contributed by atoms with E-state index in [-0.39, 0.29) is 31.7 Å². The average Bonchev–Trinajstić information content (AvgIpc) is 2.56. The highest BCUT2D eigenvalue weighted by atomic mass is 31.2. The summed E-state index contributed by atoms with van der Waals surface area (Å²) < 4.78 is 74.8. The number of hydrogen-bond donors (Lipinski definition) is 0. The van der Waals surface area contributed by atoms with Crippen LogP contribution >= 0.6 is 15.2 Å². The van der Waals surface area contributed by atoms with Crippen LogP contribution < -0.4 is 5.30 Å². The Bertz CT molecular complexity index is 633. The normalized spacial score (nSPS) is 13.2. The van der Waals surface area contributed by atoms with Gasteiger partial charge in [0.25, 0.3) is 0 Å². The van der Waals surface area contributed by atoms with E-state index in [0.29, 0.717) is 0 Å². The number of benzene rings is 1. The first kappa shape index (κ1) is 22.4. The third-order valence-corrected chi connectivity index (χ3v) is 7.30. The molecule has 0 fully saturated rings. The minimum absolute atomic E-state index is 0.0482. The number of halogens is 2. The molecule has 0 spiro atoms. The molecule has 0 bridgehead atoms. The van der Waals surface area contributed by atoms with Crippen LogP contribution in [0.15, 0.2) is 24.3 Å². The van der Waals surface area contributed by atoms with E-state index in [1.54, 1.807) is 13.8 Å². The largest absolute Gasteiger partial charge is 0.404 e. The van der Waals surface area contributed by atoms with Crippen molar-refractivity contribution in [2.45, 2.75) is 33.4 Å². The average molecular weight is 400 g/mol. The quantitative estimate of drug-likeness (QED) is 0.493. The summed E-state index contributed by atoms with van der Waals surface area (Å²) in [6.07, 6.45) is 0. The molecule has 0 saturated carbocycles. The first-order valence-corrected chi connectivity index (χ1v) is 11.1. The maximum absolute atomic E-state index is 14.8. The van der Waals surface area contributed by atoms with Gasteiger partial charge in [0.2, 0.25) is 0 Å². The Balaban J connectivity index is 3.39. The van der Waals surface area contributed by atoms with E-state index in [0.717, 1.165) is 12.1 Å². The van der Waals surface area contributed by atoms with Crippen molar-refractivity contribution in [3.05, 3.63) is 29.8 Å². The maximum Gasteiger partial charge on any atom is 0.404 e. The molecule has 6 nitrogen and oxygen atoms in total. The number of hydrogen-bond acceptors (Lipinski definition) is 6. The van der Waals surface area contributed by atoms with Crippen LogP contribution in [-0.4, -0.2) is 26.4 Å². The van der Waals surface area contributed by atoms with Crippen LogP contribution in [-0.2, 0) is 32.9 Å². The fourth-order valence-electron chi connectivity index (χ4n) is 2.09. The van der Waals surface area contributed by atoms with E-state index in [1.807, 2.05) is 0 Å². The molecule has 0 aliphatic carbocycles. The second-order valence-electron chi connectivity index (χ2n) is 4.76. The summed E-state index contributed by atoms with van der Waals surface area (Å²) >= 11 is 0. The van der Waals surface area contributed by atoms with Crippen LogP contribution in [0.3, 0.4) is 0 Å². The number of alkyl halides is 2. The standard InChI is InChI=1S/C15H24F2O6P2/c1-5-20-24(18,21-6-2)14-11-9-10-13(12-14)15(16,17)25(19,22-7-3)23-8-4/h9-12H,5-8H2,1-4H3. The summed E-state index contributed by atoms with van der Waals surface area (Å²) in [5.41, 5.74) is -4.56. The highest BCUT2D eigenvalue weighted by Crippen LogP contribution is 2.66.